The number of nitrogens with one attached hydrogen (secondary N) is 1. The first-order valence-electron chi connectivity index (χ1n) is 9.21. The van der Waals surface area contributed by atoms with Gasteiger partial charge in [-0.25, -0.2) is 4.79 Å². The van der Waals surface area contributed by atoms with Gasteiger partial charge in [0.25, 0.3) is 11.8 Å². The minimum Gasteiger partial charge on any atom is -0.465 e. The van der Waals surface area contributed by atoms with Crippen molar-refractivity contribution in [1.82, 2.24) is 4.90 Å². The summed E-state index contributed by atoms with van der Waals surface area (Å²) >= 11 is 1.09. The van der Waals surface area contributed by atoms with Gasteiger partial charge in [0.05, 0.1) is 17.6 Å². The van der Waals surface area contributed by atoms with Gasteiger partial charge < -0.3 is 24.4 Å². The maximum absolute atomic E-state index is 12.9. The van der Waals surface area contributed by atoms with Crippen molar-refractivity contribution in [2.45, 2.75) is 19.8 Å². The number of hydrogen-bond donors (Lipinski definition) is 1. The molecular weight excluding hydrogens is 396 g/mol. The molecule has 0 saturated carbocycles. The Hall–Kier alpha value is -3.07. The van der Waals surface area contributed by atoms with Gasteiger partial charge >= 0.3 is 5.97 Å². The Labute approximate surface area is 171 Å². The SMILES string of the molecule is COC(=O)c1c(NC(=O)c2ccc3c(c2)OCO3)sc(C(=O)N2CCCC2)c1C. The second kappa shape index (κ2) is 7.75. The second-order valence-corrected chi connectivity index (χ2v) is 7.79. The van der Waals surface area contributed by atoms with Crippen LogP contribution in [0.5, 0.6) is 11.5 Å². The molecule has 0 unspecified atom stereocenters. The van der Waals surface area contributed by atoms with Gasteiger partial charge in [0.15, 0.2) is 11.5 Å². The maximum atomic E-state index is 12.9. The average Bonchev–Trinajstić information content (AvgIpc) is 3.46. The number of hydrogen-bond acceptors (Lipinski definition) is 7. The van der Waals surface area contributed by atoms with Crippen molar-refractivity contribution in [2.75, 3.05) is 32.3 Å². The topological polar surface area (TPSA) is 94.2 Å². The van der Waals surface area contributed by atoms with Crippen LogP contribution in [-0.2, 0) is 4.74 Å². The van der Waals surface area contributed by atoms with E-state index >= 15 is 0 Å². The van der Waals surface area contributed by atoms with Gasteiger partial charge in [-0.3, -0.25) is 9.59 Å². The van der Waals surface area contributed by atoms with Crippen LogP contribution in [0.1, 0.15) is 48.8 Å². The lowest BCUT2D eigenvalue weighted by atomic mass is 10.1. The molecule has 0 spiro atoms. The van der Waals surface area contributed by atoms with Crippen LogP contribution in [0, 0.1) is 6.92 Å². The molecular formula is C20H20N2O6S. The predicted molar refractivity (Wildman–Crippen MR) is 106 cm³/mol. The van der Waals surface area contributed by atoms with Gasteiger partial charge in [-0.2, -0.15) is 0 Å². The van der Waals surface area contributed by atoms with Gasteiger partial charge in [-0.1, -0.05) is 0 Å². The summed E-state index contributed by atoms with van der Waals surface area (Å²) in [6, 6.07) is 4.84. The van der Waals surface area contributed by atoms with E-state index in [2.05, 4.69) is 5.32 Å². The Morgan fingerprint density at radius 3 is 2.59 bits per heavy atom. The van der Waals surface area contributed by atoms with Crippen molar-refractivity contribution in [2.24, 2.45) is 0 Å². The van der Waals surface area contributed by atoms with E-state index in [1.807, 2.05) is 0 Å². The van der Waals surface area contributed by atoms with Crippen molar-refractivity contribution in [1.29, 1.82) is 0 Å². The van der Waals surface area contributed by atoms with Crippen LogP contribution in [0.15, 0.2) is 18.2 Å². The summed E-state index contributed by atoms with van der Waals surface area (Å²) in [5, 5.41) is 3.04. The van der Waals surface area contributed by atoms with Gasteiger partial charge in [0.2, 0.25) is 6.79 Å². The fourth-order valence-corrected chi connectivity index (χ4v) is 4.59. The molecule has 3 heterocycles. The molecule has 1 saturated heterocycles. The van der Waals surface area contributed by atoms with Gasteiger partial charge in [0, 0.05) is 18.7 Å². The molecule has 2 aromatic rings. The Kier molecular flexibility index (Phi) is 5.14. The van der Waals surface area contributed by atoms with E-state index in [0.29, 0.717) is 45.6 Å². The summed E-state index contributed by atoms with van der Waals surface area (Å²) in [6.45, 7) is 3.20. The summed E-state index contributed by atoms with van der Waals surface area (Å²) in [5.41, 5.74) is 1.07. The van der Waals surface area contributed by atoms with Crippen LogP contribution < -0.4 is 14.8 Å². The Morgan fingerprint density at radius 2 is 1.86 bits per heavy atom. The van der Waals surface area contributed by atoms with E-state index in [4.69, 9.17) is 14.2 Å². The van der Waals surface area contributed by atoms with E-state index in [1.165, 1.54) is 7.11 Å². The molecule has 0 radical (unpaired) electrons. The molecule has 8 nitrogen and oxygen atoms in total. The molecule has 2 aliphatic rings. The number of thiophene rings is 1. The Morgan fingerprint density at radius 1 is 1.14 bits per heavy atom. The molecule has 0 atom stereocenters. The molecule has 1 aromatic carbocycles. The number of benzene rings is 1. The number of ether oxygens (including phenoxy) is 3. The van der Waals surface area contributed by atoms with Crippen LogP contribution in [0.4, 0.5) is 5.00 Å². The first-order chi connectivity index (χ1) is 14.0. The van der Waals surface area contributed by atoms with E-state index in [0.717, 1.165) is 24.2 Å². The molecule has 29 heavy (non-hydrogen) atoms. The third-order valence-corrected chi connectivity index (χ3v) is 6.18. The third-order valence-electron chi connectivity index (χ3n) is 4.99. The smallest absolute Gasteiger partial charge is 0.341 e. The lowest BCUT2D eigenvalue weighted by Gasteiger charge is -2.14. The quantitative estimate of drug-likeness (QED) is 0.770. The number of rotatable bonds is 4. The molecule has 152 valence electrons. The number of carbonyl (C=O) groups is 3. The number of amides is 2. The lowest BCUT2D eigenvalue weighted by Crippen LogP contribution is -2.27. The molecule has 1 N–H and O–H groups in total. The molecule has 0 bridgehead atoms. The highest BCUT2D eigenvalue weighted by Crippen LogP contribution is 2.36. The molecule has 1 fully saturated rings. The fraction of sp³-hybridized carbons (Fsp3) is 0.350. The zero-order chi connectivity index (χ0) is 20.5. The third kappa shape index (κ3) is 3.53. The van der Waals surface area contributed by atoms with Crippen molar-refractivity contribution >= 4 is 34.1 Å². The van der Waals surface area contributed by atoms with Crippen LogP contribution in [0.2, 0.25) is 0 Å². The molecule has 2 aliphatic heterocycles. The zero-order valence-corrected chi connectivity index (χ0v) is 16.9. The molecule has 2 amide bonds. The van der Waals surface area contributed by atoms with E-state index in [-0.39, 0.29) is 18.3 Å². The van der Waals surface area contributed by atoms with Crippen molar-refractivity contribution in [3.05, 3.63) is 39.8 Å². The minimum absolute atomic E-state index is 0.110. The normalized spacial score (nSPS) is 14.8. The molecule has 0 aliphatic carbocycles. The second-order valence-electron chi connectivity index (χ2n) is 6.77. The average molecular weight is 416 g/mol. The van der Waals surface area contributed by atoms with Crippen LogP contribution in [-0.4, -0.2) is 49.7 Å². The first-order valence-corrected chi connectivity index (χ1v) is 10.0. The zero-order valence-electron chi connectivity index (χ0n) is 16.1. The van der Waals surface area contributed by atoms with Crippen LogP contribution in [0.25, 0.3) is 0 Å². The summed E-state index contributed by atoms with van der Waals surface area (Å²) < 4.78 is 15.4. The summed E-state index contributed by atoms with van der Waals surface area (Å²) in [7, 11) is 1.27. The highest BCUT2D eigenvalue weighted by Gasteiger charge is 2.30. The van der Waals surface area contributed by atoms with E-state index in [1.54, 1.807) is 30.0 Å². The predicted octanol–water partition coefficient (Wildman–Crippen LogP) is 3.06. The first kappa shape index (κ1) is 19.3. The van der Waals surface area contributed by atoms with Gasteiger partial charge in [-0.15, -0.1) is 11.3 Å². The number of anilines is 1. The highest BCUT2D eigenvalue weighted by atomic mass is 32.1. The fourth-order valence-electron chi connectivity index (χ4n) is 3.43. The van der Waals surface area contributed by atoms with Crippen molar-refractivity contribution in [3.8, 4) is 11.5 Å². The van der Waals surface area contributed by atoms with E-state index in [9.17, 15) is 14.4 Å². The molecule has 9 heteroatoms. The van der Waals surface area contributed by atoms with Gasteiger partial charge in [0.1, 0.15) is 5.00 Å². The number of methoxy groups -OCH3 is 1. The lowest BCUT2D eigenvalue weighted by molar-refractivity contribution is 0.0601. The number of nitrogens with zero attached hydrogens (tertiary/aromatic N) is 1. The maximum Gasteiger partial charge on any atom is 0.341 e. The standard InChI is InChI=1S/C20H20N2O6S/c1-11-15(20(25)26-2)18(29-16(11)19(24)22-7-3-4-8-22)21-17(23)12-5-6-13-14(9-12)28-10-27-13/h5-6,9H,3-4,7-8,10H2,1-2H3,(H,21,23). The largest absolute Gasteiger partial charge is 0.465 e. The Bertz CT molecular complexity index is 993. The molecule has 1 aromatic heterocycles. The number of likely N-dealkylation sites (tertiary alicyclic amines) is 1. The molecule has 4 rings (SSSR count). The van der Waals surface area contributed by atoms with Crippen LogP contribution in [0.3, 0.4) is 0 Å². The number of fused-ring (bicyclic) bond motifs is 1. The highest BCUT2D eigenvalue weighted by molar-refractivity contribution is 7.18. The van der Waals surface area contributed by atoms with Gasteiger partial charge in [-0.05, 0) is 43.5 Å². The summed E-state index contributed by atoms with van der Waals surface area (Å²) in [5.74, 6) is -0.0887. The van der Waals surface area contributed by atoms with E-state index < -0.39 is 11.9 Å². The Balaban J connectivity index is 1.65. The monoisotopic (exact) mass is 416 g/mol. The summed E-state index contributed by atoms with van der Waals surface area (Å²) in [6.07, 6.45) is 1.93. The van der Waals surface area contributed by atoms with Crippen molar-refractivity contribution in [3.63, 3.8) is 0 Å². The number of carbonyl (C=O) groups excluding carboxylic acids is 3. The minimum atomic E-state index is -0.597. The summed E-state index contributed by atoms with van der Waals surface area (Å²) in [4.78, 5) is 40.2. The number of esters is 1. The van der Waals surface area contributed by atoms with Crippen molar-refractivity contribution < 1.29 is 28.6 Å². The van der Waals surface area contributed by atoms with Crippen LogP contribution >= 0.6 is 11.3 Å².